The third kappa shape index (κ3) is 6.69. The van der Waals surface area contributed by atoms with Crippen molar-refractivity contribution in [1.29, 1.82) is 0 Å². The zero-order valence-corrected chi connectivity index (χ0v) is 20.3. The Balaban J connectivity index is 1.37. The highest BCUT2D eigenvalue weighted by Gasteiger charge is 2.29. The van der Waals surface area contributed by atoms with Crippen LogP contribution in [0.15, 0.2) is 18.2 Å². The van der Waals surface area contributed by atoms with E-state index in [0.717, 1.165) is 49.5 Å². The Morgan fingerprint density at radius 2 is 1.84 bits per heavy atom. The summed E-state index contributed by atoms with van der Waals surface area (Å²) in [5.41, 5.74) is 2.14. The van der Waals surface area contributed by atoms with E-state index < -0.39 is 0 Å². The third-order valence-corrected chi connectivity index (χ3v) is 7.56. The molecule has 1 aromatic carbocycles. The zero-order valence-electron chi connectivity index (χ0n) is 20.3. The van der Waals surface area contributed by atoms with Gasteiger partial charge in [-0.2, -0.15) is 0 Å². The lowest BCUT2D eigenvalue weighted by molar-refractivity contribution is 0.0539. The maximum absolute atomic E-state index is 9.88. The Kier molecular flexibility index (Phi) is 8.87. The van der Waals surface area contributed by atoms with Crippen molar-refractivity contribution in [3.8, 4) is 5.75 Å². The van der Waals surface area contributed by atoms with Crippen molar-refractivity contribution in [3.05, 3.63) is 29.3 Å². The van der Waals surface area contributed by atoms with Crippen molar-refractivity contribution < 1.29 is 14.6 Å². The Morgan fingerprint density at radius 3 is 2.50 bits per heavy atom. The lowest BCUT2D eigenvalue weighted by atomic mass is 9.94. The molecule has 0 aromatic heterocycles. The van der Waals surface area contributed by atoms with Gasteiger partial charge < -0.3 is 19.5 Å². The molecule has 2 saturated heterocycles. The molecule has 0 radical (unpaired) electrons. The Bertz CT molecular complexity index is 690. The molecule has 1 aromatic rings. The molecular weight excluding hydrogens is 400 g/mol. The molecular formula is C27H44N2O3. The van der Waals surface area contributed by atoms with E-state index >= 15 is 0 Å². The summed E-state index contributed by atoms with van der Waals surface area (Å²) < 4.78 is 11.9. The minimum absolute atomic E-state index is 0.0151. The number of rotatable bonds is 10. The fourth-order valence-electron chi connectivity index (χ4n) is 5.90. The lowest BCUT2D eigenvalue weighted by Crippen LogP contribution is -2.43. The molecule has 0 unspecified atom stereocenters. The van der Waals surface area contributed by atoms with Gasteiger partial charge >= 0.3 is 0 Å². The van der Waals surface area contributed by atoms with Crippen LogP contribution in [0.1, 0.15) is 76.3 Å². The molecule has 1 N–H and O–H groups in total. The van der Waals surface area contributed by atoms with Crippen LogP contribution in [0.25, 0.3) is 0 Å². The number of likely N-dealkylation sites (tertiary alicyclic amines) is 1. The summed E-state index contributed by atoms with van der Waals surface area (Å²) in [6.07, 6.45) is 11.2. The first-order chi connectivity index (χ1) is 15.6. The van der Waals surface area contributed by atoms with E-state index in [-0.39, 0.29) is 12.7 Å². The number of ether oxygens (including phenoxy) is 2. The van der Waals surface area contributed by atoms with Crippen LogP contribution in [0, 0.1) is 5.92 Å². The van der Waals surface area contributed by atoms with E-state index in [1.54, 1.807) is 0 Å². The minimum atomic E-state index is 0.0151. The molecule has 4 rings (SSSR count). The molecule has 5 nitrogen and oxygen atoms in total. The van der Waals surface area contributed by atoms with E-state index in [2.05, 4.69) is 21.9 Å². The maximum Gasteiger partial charge on any atom is 0.125 e. The molecule has 5 heteroatoms. The first-order valence-electron chi connectivity index (χ1n) is 13.1. The lowest BCUT2D eigenvalue weighted by Gasteiger charge is -2.38. The minimum Gasteiger partial charge on any atom is -0.491 e. The van der Waals surface area contributed by atoms with Crippen molar-refractivity contribution in [2.45, 2.75) is 96.6 Å². The Hall–Kier alpha value is -1.14. The van der Waals surface area contributed by atoms with E-state index in [4.69, 9.17) is 9.47 Å². The predicted octanol–water partition coefficient (Wildman–Crippen LogP) is 4.60. The van der Waals surface area contributed by atoms with Crippen LogP contribution in [-0.2, 0) is 17.9 Å². The van der Waals surface area contributed by atoms with E-state index in [1.165, 1.54) is 70.0 Å². The summed E-state index contributed by atoms with van der Waals surface area (Å²) in [6, 6.07) is 7.19. The number of aliphatic hydroxyl groups excluding tert-OH is 1. The second-order valence-corrected chi connectivity index (χ2v) is 10.5. The van der Waals surface area contributed by atoms with Crippen LogP contribution >= 0.6 is 0 Å². The predicted molar refractivity (Wildman–Crippen MR) is 129 cm³/mol. The Morgan fingerprint density at radius 1 is 1.06 bits per heavy atom. The van der Waals surface area contributed by atoms with Gasteiger partial charge in [-0.25, -0.2) is 0 Å². The van der Waals surface area contributed by atoms with Crippen molar-refractivity contribution in [1.82, 2.24) is 9.80 Å². The van der Waals surface area contributed by atoms with Crippen LogP contribution < -0.4 is 4.74 Å². The molecule has 2 heterocycles. The summed E-state index contributed by atoms with van der Waals surface area (Å²) in [6.45, 7) is 10.6. The van der Waals surface area contributed by atoms with E-state index in [1.807, 2.05) is 19.9 Å². The quantitative estimate of drug-likeness (QED) is 0.571. The van der Waals surface area contributed by atoms with Gasteiger partial charge in [-0.1, -0.05) is 18.9 Å². The molecule has 0 bridgehead atoms. The standard InChI is InChI=1S/C27H44N2O3/c1-21(2)32-27-10-9-23(16-24(27)20-30)18-28(19-26-8-5-15-31-26)17-22-11-13-29(14-12-22)25-6-3-4-7-25/h9-10,16,21-22,25-26,30H,3-8,11-15,17-20H2,1-2H3/t26-/m0/s1. The van der Waals surface area contributed by atoms with Crippen molar-refractivity contribution in [2.24, 2.45) is 5.92 Å². The SMILES string of the molecule is CC(C)Oc1ccc(CN(CC2CCN(C3CCCC3)CC2)C[C@@H]2CCCO2)cc1CO. The molecule has 32 heavy (non-hydrogen) atoms. The summed E-state index contributed by atoms with van der Waals surface area (Å²) in [5, 5.41) is 9.88. The molecule has 2 aliphatic heterocycles. The number of piperidine rings is 1. The van der Waals surface area contributed by atoms with Crippen LogP contribution in [0.5, 0.6) is 5.75 Å². The number of hydrogen-bond donors (Lipinski definition) is 1. The molecule has 180 valence electrons. The topological polar surface area (TPSA) is 45.2 Å². The van der Waals surface area contributed by atoms with Crippen LogP contribution in [0.2, 0.25) is 0 Å². The summed E-state index contributed by atoms with van der Waals surface area (Å²) in [4.78, 5) is 5.39. The van der Waals surface area contributed by atoms with Gasteiger partial charge in [0.15, 0.2) is 0 Å². The smallest absolute Gasteiger partial charge is 0.125 e. The molecule has 0 spiro atoms. The molecule has 0 amide bonds. The highest BCUT2D eigenvalue weighted by Crippen LogP contribution is 2.29. The van der Waals surface area contributed by atoms with Crippen LogP contribution in [0.3, 0.4) is 0 Å². The second-order valence-electron chi connectivity index (χ2n) is 10.5. The van der Waals surface area contributed by atoms with Gasteiger partial charge in [-0.05, 0) is 89.1 Å². The van der Waals surface area contributed by atoms with Crippen molar-refractivity contribution in [3.63, 3.8) is 0 Å². The first kappa shape index (κ1) is 24.0. The highest BCUT2D eigenvalue weighted by molar-refractivity contribution is 5.37. The largest absolute Gasteiger partial charge is 0.491 e. The maximum atomic E-state index is 9.88. The Labute approximate surface area is 195 Å². The molecule has 1 aliphatic carbocycles. The van der Waals surface area contributed by atoms with Gasteiger partial charge in [0.25, 0.3) is 0 Å². The van der Waals surface area contributed by atoms with Gasteiger partial charge in [0, 0.05) is 37.8 Å². The monoisotopic (exact) mass is 444 g/mol. The second kappa shape index (κ2) is 11.8. The fraction of sp³-hybridized carbons (Fsp3) is 0.778. The van der Waals surface area contributed by atoms with Crippen molar-refractivity contribution in [2.75, 3.05) is 32.8 Å². The fourth-order valence-corrected chi connectivity index (χ4v) is 5.90. The molecule has 1 saturated carbocycles. The summed E-state index contributed by atoms with van der Waals surface area (Å²) >= 11 is 0. The number of nitrogens with zero attached hydrogens (tertiary/aromatic N) is 2. The van der Waals surface area contributed by atoms with Crippen LogP contribution in [0.4, 0.5) is 0 Å². The van der Waals surface area contributed by atoms with Gasteiger partial charge in [-0.3, -0.25) is 4.90 Å². The highest BCUT2D eigenvalue weighted by atomic mass is 16.5. The van der Waals surface area contributed by atoms with Gasteiger partial charge in [0.2, 0.25) is 0 Å². The van der Waals surface area contributed by atoms with Gasteiger partial charge in [-0.15, -0.1) is 0 Å². The third-order valence-electron chi connectivity index (χ3n) is 7.56. The van der Waals surface area contributed by atoms with E-state index in [9.17, 15) is 5.11 Å². The number of benzene rings is 1. The molecule has 1 atom stereocenters. The van der Waals surface area contributed by atoms with Gasteiger partial charge in [0.1, 0.15) is 5.75 Å². The zero-order chi connectivity index (χ0) is 22.3. The summed E-state index contributed by atoms with van der Waals surface area (Å²) in [5.74, 6) is 1.58. The average Bonchev–Trinajstić information content (AvgIpc) is 3.49. The number of aliphatic hydroxyl groups is 1. The normalized spacial score (nSPS) is 23.6. The number of hydrogen-bond acceptors (Lipinski definition) is 5. The van der Waals surface area contributed by atoms with E-state index in [0.29, 0.717) is 6.10 Å². The van der Waals surface area contributed by atoms with Crippen molar-refractivity contribution >= 4 is 0 Å². The molecule has 3 aliphatic rings. The van der Waals surface area contributed by atoms with Crippen LogP contribution in [-0.4, -0.2) is 65.9 Å². The first-order valence-corrected chi connectivity index (χ1v) is 13.1. The average molecular weight is 445 g/mol. The summed E-state index contributed by atoms with van der Waals surface area (Å²) in [7, 11) is 0. The van der Waals surface area contributed by atoms with Gasteiger partial charge in [0.05, 0.1) is 18.8 Å². The molecule has 3 fully saturated rings.